The van der Waals surface area contributed by atoms with Crippen molar-refractivity contribution in [2.75, 3.05) is 5.32 Å². The van der Waals surface area contributed by atoms with Crippen LogP contribution in [0.4, 0.5) is 5.69 Å². The molecular formula is C28H25N5O5. The number of rotatable bonds is 6. The molecule has 0 bridgehead atoms. The van der Waals surface area contributed by atoms with Crippen LogP contribution in [0.25, 0.3) is 5.69 Å². The zero-order valence-electron chi connectivity index (χ0n) is 21.0. The number of hydrogen-bond acceptors (Lipinski definition) is 6. The van der Waals surface area contributed by atoms with Gasteiger partial charge in [-0.3, -0.25) is 19.1 Å². The lowest BCUT2D eigenvalue weighted by molar-refractivity contribution is -0.136. The van der Waals surface area contributed by atoms with Crippen molar-refractivity contribution in [3.05, 3.63) is 112 Å². The number of nitrogens with one attached hydrogen (secondary N) is 2. The summed E-state index contributed by atoms with van der Waals surface area (Å²) in [5.41, 5.74) is 4.74. The first-order chi connectivity index (χ1) is 18.2. The van der Waals surface area contributed by atoms with E-state index >= 15 is 0 Å². The van der Waals surface area contributed by atoms with Gasteiger partial charge in [-0.25, -0.2) is 14.9 Å². The lowest BCUT2D eigenvalue weighted by atomic mass is 10.1. The van der Waals surface area contributed by atoms with Gasteiger partial charge in [0.2, 0.25) is 0 Å². The summed E-state index contributed by atoms with van der Waals surface area (Å²) in [6.07, 6.45) is 1.33. The molecule has 0 saturated carbocycles. The highest BCUT2D eigenvalue weighted by Gasteiger charge is 2.21. The summed E-state index contributed by atoms with van der Waals surface area (Å²) in [7, 11) is 1.68. The molecule has 3 aromatic carbocycles. The average Bonchev–Trinajstić information content (AvgIpc) is 3.12. The standard InChI is InChI=1S/C28H25N5O5/c1-18-8-7-9-21(16-18)28(37)38-23-14-12-20(13-15-23)17-29-31-26(35)25(34)30-24-19(2)32(3)33(27(24)36)22-10-5-4-6-11-22/h4-17H,1-3H3,(H,30,34)(H,31,35)/b29-17+. The third-order valence-corrected chi connectivity index (χ3v) is 5.72. The van der Waals surface area contributed by atoms with Crippen molar-refractivity contribution < 1.29 is 19.1 Å². The van der Waals surface area contributed by atoms with Crippen LogP contribution >= 0.6 is 0 Å². The molecule has 1 aromatic heterocycles. The van der Waals surface area contributed by atoms with Gasteiger partial charge in [0.25, 0.3) is 5.56 Å². The van der Waals surface area contributed by atoms with Crippen LogP contribution in [-0.2, 0) is 16.6 Å². The maximum atomic E-state index is 12.9. The summed E-state index contributed by atoms with van der Waals surface area (Å²) in [6.45, 7) is 3.55. The highest BCUT2D eigenvalue weighted by atomic mass is 16.5. The number of para-hydroxylation sites is 1. The highest BCUT2D eigenvalue weighted by molar-refractivity contribution is 6.39. The van der Waals surface area contributed by atoms with Crippen LogP contribution in [-0.4, -0.2) is 33.4 Å². The molecule has 0 spiro atoms. The number of esters is 1. The maximum absolute atomic E-state index is 12.9. The van der Waals surface area contributed by atoms with Gasteiger partial charge in [-0.2, -0.15) is 5.10 Å². The third kappa shape index (κ3) is 5.76. The molecule has 0 aliphatic carbocycles. The first-order valence-corrected chi connectivity index (χ1v) is 11.6. The van der Waals surface area contributed by atoms with Crippen LogP contribution in [0, 0.1) is 13.8 Å². The number of hydrazone groups is 1. The summed E-state index contributed by atoms with van der Waals surface area (Å²) in [5, 5.41) is 6.16. The molecule has 2 amide bonds. The molecular weight excluding hydrogens is 486 g/mol. The number of aryl methyl sites for hydroxylation is 1. The lowest BCUT2D eigenvalue weighted by Gasteiger charge is -2.07. The Balaban J connectivity index is 1.35. The number of benzene rings is 3. The van der Waals surface area contributed by atoms with E-state index in [4.69, 9.17) is 4.74 Å². The Labute approximate surface area is 218 Å². The van der Waals surface area contributed by atoms with Crippen molar-refractivity contribution in [2.24, 2.45) is 12.1 Å². The molecule has 0 unspecified atom stereocenters. The van der Waals surface area contributed by atoms with Gasteiger partial charge in [-0.15, -0.1) is 0 Å². The lowest BCUT2D eigenvalue weighted by Crippen LogP contribution is -2.34. The Morgan fingerprint density at radius 2 is 1.61 bits per heavy atom. The van der Waals surface area contributed by atoms with E-state index in [1.165, 1.54) is 10.9 Å². The summed E-state index contributed by atoms with van der Waals surface area (Å²) in [4.78, 5) is 49.8. The fraction of sp³-hybridized carbons (Fsp3) is 0.107. The molecule has 4 rings (SSSR count). The molecule has 38 heavy (non-hydrogen) atoms. The quantitative estimate of drug-likeness (QED) is 0.135. The summed E-state index contributed by atoms with van der Waals surface area (Å²) >= 11 is 0. The van der Waals surface area contributed by atoms with Gasteiger partial charge in [0.05, 0.1) is 23.2 Å². The third-order valence-electron chi connectivity index (χ3n) is 5.72. The van der Waals surface area contributed by atoms with E-state index in [2.05, 4.69) is 15.8 Å². The summed E-state index contributed by atoms with van der Waals surface area (Å²) < 4.78 is 8.34. The van der Waals surface area contributed by atoms with Crippen LogP contribution in [0.5, 0.6) is 5.75 Å². The summed E-state index contributed by atoms with van der Waals surface area (Å²) in [6, 6.07) is 22.4. The molecule has 10 heteroatoms. The van der Waals surface area contributed by atoms with Gasteiger partial charge in [0.15, 0.2) is 0 Å². The minimum atomic E-state index is -1.04. The van der Waals surface area contributed by atoms with Gasteiger partial charge >= 0.3 is 17.8 Å². The van der Waals surface area contributed by atoms with Crippen LogP contribution in [0.3, 0.4) is 0 Å². The number of nitrogens with zero attached hydrogens (tertiary/aromatic N) is 3. The molecule has 10 nitrogen and oxygen atoms in total. The minimum Gasteiger partial charge on any atom is -0.423 e. The average molecular weight is 512 g/mol. The highest BCUT2D eigenvalue weighted by Crippen LogP contribution is 2.15. The molecule has 2 N–H and O–H groups in total. The predicted octanol–water partition coefficient (Wildman–Crippen LogP) is 3.10. The van der Waals surface area contributed by atoms with E-state index in [1.54, 1.807) is 85.4 Å². The summed E-state index contributed by atoms with van der Waals surface area (Å²) in [5.74, 6) is -2.21. The van der Waals surface area contributed by atoms with Crippen molar-refractivity contribution in [2.45, 2.75) is 13.8 Å². The number of amides is 2. The molecule has 0 aliphatic rings. The van der Waals surface area contributed by atoms with E-state index in [0.29, 0.717) is 28.3 Å². The molecule has 0 radical (unpaired) electrons. The number of anilines is 1. The normalized spacial score (nSPS) is 10.8. The second-order valence-corrected chi connectivity index (χ2v) is 8.42. The van der Waals surface area contributed by atoms with Gasteiger partial charge in [0, 0.05) is 7.05 Å². The number of carbonyl (C=O) groups is 3. The van der Waals surface area contributed by atoms with Crippen LogP contribution in [0.15, 0.2) is 88.8 Å². The van der Waals surface area contributed by atoms with E-state index in [9.17, 15) is 19.2 Å². The smallest absolute Gasteiger partial charge is 0.343 e. The van der Waals surface area contributed by atoms with Gasteiger partial charge < -0.3 is 10.1 Å². The maximum Gasteiger partial charge on any atom is 0.343 e. The Morgan fingerprint density at radius 3 is 2.29 bits per heavy atom. The van der Waals surface area contributed by atoms with Crippen molar-refractivity contribution in [1.29, 1.82) is 0 Å². The van der Waals surface area contributed by atoms with Crippen molar-refractivity contribution in [1.82, 2.24) is 14.8 Å². The first kappa shape index (κ1) is 25.8. The molecule has 0 aliphatic heterocycles. The van der Waals surface area contributed by atoms with Gasteiger partial charge in [-0.05, 0) is 67.9 Å². The van der Waals surface area contributed by atoms with Crippen LogP contribution in [0.2, 0.25) is 0 Å². The monoisotopic (exact) mass is 511 g/mol. The van der Waals surface area contributed by atoms with Crippen molar-refractivity contribution in [3.63, 3.8) is 0 Å². The topological polar surface area (TPSA) is 124 Å². The van der Waals surface area contributed by atoms with Gasteiger partial charge in [-0.1, -0.05) is 35.9 Å². The SMILES string of the molecule is Cc1cccc(C(=O)Oc2ccc(/C=N/NC(=O)C(=O)Nc3c(C)n(C)n(-c4ccccc4)c3=O)cc2)c1. The minimum absolute atomic E-state index is 0.00344. The molecule has 0 saturated heterocycles. The number of ether oxygens (including phenoxy) is 1. The zero-order valence-corrected chi connectivity index (χ0v) is 21.0. The molecule has 4 aromatic rings. The van der Waals surface area contributed by atoms with E-state index in [-0.39, 0.29) is 5.69 Å². The Bertz CT molecular complexity index is 1580. The Kier molecular flexibility index (Phi) is 7.62. The predicted molar refractivity (Wildman–Crippen MR) is 143 cm³/mol. The van der Waals surface area contributed by atoms with Gasteiger partial charge in [0.1, 0.15) is 11.4 Å². The molecule has 0 fully saturated rings. The fourth-order valence-electron chi connectivity index (χ4n) is 3.66. The number of carbonyl (C=O) groups excluding carboxylic acids is 3. The molecule has 0 atom stereocenters. The second-order valence-electron chi connectivity index (χ2n) is 8.42. The molecule has 1 heterocycles. The van der Waals surface area contributed by atoms with Crippen LogP contribution < -0.4 is 21.0 Å². The zero-order chi connectivity index (χ0) is 27.2. The number of aromatic nitrogens is 2. The van der Waals surface area contributed by atoms with Crippen molar-refractivity contribution in [3.8, 4) is 11.4 Å². The van der Waals surface area contributed by atoms with Crippen LogP contribution in [0.1, 0.15) is 27.2 Å². The largest absolute Gasteiger partial charge is 0.423 e. The second kappa shape index (κ2) is 11.2. The number of hydrogen-bond donors (Lipinski definition) is 2. The van der Waals surface area contributed by atoms with E-state index < -0.39 is 23.3 Å². The fourth-order valence-corrected chi connectivity index (χ4v) is 3.66. The van der Waals surface area contributed by atoms with E-state index in [0.717, 1.165) is 5.56 Å². The Morgan fingerprint density at radius 1 is 0.895 bits per heavy atom. The van der Waals surface area contributed by atoms with Crippen molar-refractivity contribution >= 4 is 29.7 Å². The van der Waals surface area contributed by atoms with E-state index in [1.807, 2.05) is 19.1 Å². The Hall–Kier alpha value is -5.25. The molecule has 192 valence electrons. The first-order valence-electron chi connectivity index (χ1n) is 11.6.